The minimum atomic E-state index is -0.605. The lowest BCUT2D eigenvalue weighted by molar-refractivity contribution is -0.146. The summed E-state index contributed by atoms with van der Waals surface area (Å²) in [6.45, 7) is 2.34. The van der Waals surface area contributed by atoms with E-state index in [9.17, 15) is 9.90 Å². The van der Waals surface area contributed by atoms with E-state index in [0.29, 0.717) is 11.5 Å². The van der Waals surface area contributed by atoms with Crippen molar-refractivity contribution in [2.24, 2.45) is 29.1 Å². The lowest BCUT2D eigenvalue weighted by Crippen LogP contribution is -2.59. The highest BCUT2D eigenvalue weighted by molar-refractivity contribution is 5.72. The zero-order valence-electron chi connectivity index (χ0n) is 12.5. The van der Waals surface area contributed by atoms with E-state index in [1.54, 1.807) is 0 Å². The Morgan fingerprint density at radius 1 is 1.10 bits per heavy atom. The molecule has 0 aliphatic heterocycles. The molecule has 5 aliphatic rings. The van der Waals surface area contributed by atoms with Crippen LogP contribution in [-0.4, -0.2) is 23.2 Å². The van der Waals surface area contributed by atoms with Crippen LogP contribution in [0.2, 0.25) is 0 Å². The van der Waals surface area contributed by atoms with Crippen molar-refractivity contribution in [3.8, 4) is 0 Å². The molecule has 5 rings (SSSR count). The largest absolute Gasteiger partial charge is 0.481 e. The number of carboxylic acids is 1. The number of carboxylic acid groups (broad SMARTS) is 1. The van der Waals surface area contributed by atoms with Gasteiger partial charge in [-0.15, -0.1) is 0 Å². The van der Waals surface area contributed by atoms with Gasteiger partial charge in [0.2, 0.25) is 0 Å². The summed E-state index contributed by atoms with van der Waals surface area (Å²) in [4.78, 5) is 11.2. The molecule has 0 aromatic heterocycles. The van der Waals surface area contributed by atoms with E-state index in [4.69, 9.17) is 0 Å². The zero-order chi connectivity index (χ0) is 13.9. The standard InChI is InChI=1S/C17H27NO2/c1-10(18-15-3-2-14(15)16(19)20)17-7-11-4-12(8-17)6-13(5-11)9-17/h10-15,18H,2-9H2,1H3,(H,19,20). The molecule has 0 aromatic carbocycles. The maximum absolute atomic E-state index is 11.2. The molecule has 0 amide bonds. The van der Waals surface area contributed by atoms with Gasteiger partial charge in [0, 0.05) is 12.1 Å². The molecular formula is C17H27NO2. The fourth-order valence-corrected chi connectivity index (χ4v) is 6.20. The molecule has 3 atom stereocenters. The topological polar surface area (TPSA) is 49.3 Å². The second kappa shape index (κ2) is 4.46. The van der Waals surface area contributed by atoms with Gasteiger partial charge in [-0.1, -0.05) is 0 Å². The quantitative estimate of drug-likeness (QED) is 0.830. The zero-order valence-corrected chi connectivity index (χ0v) is 12.5. The smallest absolute Gasteiger partial charge is 0.308 e. The molecule has 0 saturated heterocycles. The Bertz CT molecular complexity index is 384. The number of hydrogen-bond donors (Lipinski definition) is 2. The molecule has 5 fully saturated rings. The first-order chi connectivity index (χ1) is 9.56. The van der Waals surface area contributed by atoms with Gasteiger partial charge in [-0.05, 0) is 81.5 Å². The summed E-state index contributed by atoms with van der Waals surface area (Å²) in [7, 11) is 0. The van der Waals surface area contributed by atoms with Crippen molar-refractivity contribution >= 4 is 5.97 Å². The fourth-order valence-electron chi connectivity index (χ4n) is 6.20. The van der Waals surface area contributed by atoms with Crippen molar-refractivity contribution in [1.82, 2.24) is 5.32 Å². The third kappa shape index (κ3) is 1.93. The van der Waals surface area contributed by atoms with E-state index in [1.807, 2.05) is 0 Å². The highest BCUT2D eigenvalue weighted by Gasteiger charge is 2.53. The molecule has 3 unspecified atom stereocenters. The lowest BCUT2D eigenvalue weighted by atomic mass is 9.48. The first-order valence-electron chi connectivity index (χ1n) is 8.54. The molecule has 5 saturated carbocycles. The molecule has 0 spiro atoms. The molecule has 3 heteroatoms. The summed E-state index contributed by atoms with van der Waals surface area (Å²) >= 11 is 0. The van der Waals surface area contributed by atoms with Crippen LogP contribution in [0.15, 0.2) is 0 Å². The Kier molecular flexibility index (Phi) is 2.93. The van der Waals surface area contributed by atoms with Crippen LogP contribution in [0.4, 0.5) is 0 Å². The first kappa shape index (κ1) is 13.1. The van der Waals surface area contributed by atoms with Crippen molar-refractivity contribution in [2.45, 2.75) is 70.4 Å². The Morgan fingerprint density at radius 2 is 1.65 bits per heavy atom. The van der Waals surface area contributed by atoms with Gasteiger partial charge < -0.3 is 10.4 Å². The maximum atomic E-state index is 11.2. The molecule has 2 N–H and O–H groups in total. The van der Waals surface area contributed by atoms with Gasteiger partial charge in [-0.2, -0.15) is 0 Å². The van der Waals surface area contributed by atoms with Crippen molar-refractivity contribution in [1.29, 1.82) is 0 Å². The van der Waals surface area contributed by atoms with E-state index in [0.717, 1.165) is 30.6 Å². The predicted molar refractivity (Wildman–Crippen MR) is 77.4 cm³/mol. The molecule has 0 heterocycles. The molecule has 20 heavy (non-hydrogen) atoms. The monoisotopic (exact) mass is 277 g/mol. The van der Waals surface area contributed by atoms with Gasteiger partial charge in [0.25, 0.3) is 0 Å². The second-order valence-corrected chi connectivity index (χ2v) is 8.30. The average molecular weight is 277 g/mol. The number of carbonyl (C=O) groups is 1. The first-order valence-corrected chi connectivity index (χ1v) is 8.54. The van der Waals surface area contributed by atoms with Crippen LogP contribution < -0.4 is 5.32 Å². The normalized spacial score (nSPS) is 50.8. The van der Waals surface area contributed by atoms with E-state index in [-0.39, 0.29) is 12.0 Å². The van der Waals surface area contributed by atoms with Crippen LogP contribution in [0.25, 0.3) is 0 Å². The van der Waals surface area contributed by atoms with Gasteiger partial charge in [0.1, 0.15) is 0 Å². The van der Waals surface area contributed by atoms with Crippen LogP contribution in [0.5, 0.6) is 0 Å². The summed E-state index contributed by atoms with van der Waals surface area (Å²) < 4.78 is 0. The van der Waals surface area contributed by atoms with Crippen molar-refractivity contribution in [3.05, 3.63) is 0 Å². The summed E-state index contributed by atoms with van der Waals surface area (Å²) in [6.07, 6.45) is 10.6. The lowest BCUT2D eigenvalue weighted by Gasteiger charge is -2.60. The molecule has 112 valence electrons. The Labute approximate surface area is 121 Å². The Balaban J connectivity index is 1.46. The van der Waals surface area contributed by atoms with E-state index in [1.165, 1.54) is 38.5 Å². The number of rotatable bonds is 4. The van der Waals surface area contributed by atoms with Gasteiger partial charge in [0.15, 0.2) is 0 Å². The number of aliphatic carboxylic acids is 1. The van der Waals surface area contributed by atoms with E-state index in [2.05, 4.69) is 12.2 Å². The SMILES string of the molecule is CC(NC1CCC1C(=O)O)C12CC3CC(CC(C3)C1)C2. The van der Waals surface area contributed by atoms with Crippen molar-refractivity contribution in [3.63, 3.8) is 0 Å². The van der Waals surface area contributed by atoms with Gasteiger partial charge in [-0.3, -0.25) is 4.79 Å². The molecular weight excluding hydrogens is 250 g/mol. The highest BCUT2D eigenvalue weighted by Crippen LogP contribution is 2.61. The summed E-state index contributed by atoms with van der Waals surface area (Å²) in [6, 6.07) is 0.735. The Hall–Kier alpha value is -0.570. The second-order valence-electron chi connectivity index (χ2n) is 8.30. The fraction of sp³-hybridized carbons (Fsp3) is 0.941. The molecule has 4 bridgehead atoms. The van der Waals surface area contributed by atoms with E-state index >= 15 is 0 Å². The van der Waals surface area contributed by atoms with Crippen molar-refractivity contribution in [2.75, 3.05) is 0 Å². The van der Waals surface area contributed by atoms with Crippen LogP contribution in [0.1, 0.15) is 58.3 Å². The van der Waals surface area contributed by atoms with Crippen molar-refractivity contribution < 1.29 is 9.90 Å². The minimum Gasteiger partial charge on any atom is -0.481 e. The minimum absolute atomic E-state index is 0.133. The molecule has 0 radical (unpaired) electrons. The van der Waals surface area contributed by atoms with Gasteiger partial charge >= 0.3 is 5.97 Å². The number of hydrogen-bond acceptors (Lipinski definition) is 2. The molecule has 5 aliphatic carbocycles. The van der Waals surface area contributed by atoms with Gasteiger partial charge in [-0.25, -0.2) is 0 Å². The van der Waals surface area contributed by atoms with Crippen LogP contribution >= 0.6 is 0 Å². The Morgan fingerprint density at radius 3 is 2.05 bits per heavy atom. The maximum Gasteiger partial charge on any atom is 0.308 e. The predicted octanol–water partition coefficient (Wildman–Crippen LogP) is 3.04. The number of nitrogens with one attached hydrogen (secondary N) is 1. The summed E-state index contributed by atoms with van der Waals surface area (Å²) in [5.74, 6) is 2.18. The highest BCUT2D eigenvalue weighted by atomic mass is 16.4. The van der Waals surface area contributed by atoms with Crippen LogP contribution in [0, 0.1) is 29.1 Å². The van der Waals surface area contributed by atoms with Gasteiger partial charge in [0.05, 0.1) is 5.92 Å². The molecule has 0 aromatic rings. The summed E-state index contributed by atoms with van der Waals surface area (Å²) in [5.41, 5.74) is 0.493. The van der Waals surface area contributed by atoms with E-state index < -0.39 is 5.97 Å². The molecule has 3 nitrogen and oxygen atoms in total. The third-order valence-electron chi connectivity index (χ3n) is 7.06. The van der Waals surface area contributed by atoms with Crippen LogP contribution in [0.3, 0.4) is 0 Å². The summed E-state index contributed by atoms with van der Waals surface area (Å²) in [5, 5.41) is 12.9. The third-order valence-corrected chi connectivity index (χ3v) is 7.06. The van der Waals surface area contributed by atoms with Crippen LogP contribution in [-0.2, 0) is 4.79 Å². The average Bonchev–Trinajstić information content (AvgIpc) is 2.31.